The Labute approximate surface area is 176 Å². The van der Waals surface area contributed by atoms with Crippen molar-refractivity contribution in [2.45, 2.75) is 58.7 Å². The van der Waals surface area contributed by atoms with E-state index in [2.05, 4.69) is 47.5 Å². The number of nitriles is 1. The molecule has 0 saturated heterocycles. The maximum Gasteiger partial charge on any atom is 0.258 e. The summed E-state index contributed by atoms with van der Waals surface area (Å²) in [7, 11) is 0. The van der Waals surface area contributed by atoms with Crippen molar-refractivity contribution in [1.82, 2.24) is 15.5 Å². The zero-order valence-corrected chi connectivity index (χ0v) is 17.8. The highest BCUT2D eigenvalue weighted by Crippen LogP contribution is 2.37. The van der Waals surface area contributed by atoms with E-state index in [9.17, 15) is 5.26 Å². The van der Waals surface area contributed by atoms with E-state index in [-0.39, 0.29) is 6.10 Å². The SMILES string of the molecule is CC(C)NC1CCc2c(-c3noc(-c4ccc(OC(C)C)c(C#N)c4)n3)cccc21. The van der Waals surface area contributed by atoms with E-state index in [0.717, 1.165) is 18.4 Å². The summed E-state index contributed by atoms with van der Waals surface area (Å²) in [6.07, 6.45) is 2.05. The zero-order chi connectivity index (χ0) is 21.3. The van der Waals surface area contributed by atoms with Gasteiger partial charge in [0.25, 0.3) is 5.89 Å². The lowest BCUT2D eigenvalue weighted by atomic mass is 10.0. The minimum atomic E-state index is -0.00727. The van der Waals surface area contributed by atoms with Gasteiger partial charge in [-0.2, -0.15) is 10.2 Å². The molecule has 4 rings (SSSR count). The lowest BCUT2D eigenvalue weighted by molar-refractivity contribution is 0.241. The van der Waals surface area contributed by atoms with Gasteiger partial charge in [-0.15, -0.1) is 0 Å². The number of aromatic nitrogens is 2. The average molecular weight is 402 g/mol. The van der Waals surface area contributed by atoms with Gasteiger partial charge in [-0.3, -0.25) is 0 Å². The smallest absolute Gasteiger partial charge is 0.258 e. The quantitative estimate of drug-likeness (QED) is 0.621. The van der Waals surface area contributed by atoms with Crippen LogP contribution < -0.4 is 10.1 Å². The van der Waals surface area contributed by atoms with Crippen molar-refractivity contribution in [1.29, 1.82) is 5.26 Å². The molecular formula is C24H26N4O2. The van der Waals surface area contributed by atoms with Crippen LogP contribution in [0.3, 0.4) is 0 Å². The molecule has 30 heavy (non-hydrogen) atoms. The molecule has 1 unspecified atom stereocenters. The molecule has 0 radical (unpaired) electrons. The average Bonchev–Trinajstić information content (AvgIpc) is 3.35. The van der Waals surface area contributed by atoms with Crippen molar-refractivity contribution in [2.75, 3.05) is 0 Å². The van der Waals surface area contributed by atoms with Gasteiger partial charge in [0.1, 0.15) is 11.8 Å². The first-order valence-corrected chi connectivity index (χ1v) is 10.4. The van der Waals surface area contributed by atoms with Gasteiger partial charge in [0.05, 0.1) is 11.7 Å². The van der Waals surface area contributed by atoms with Gasteiger partial charge in [-0.05, 0) is 56.0 Å². The Bertz CT molecular complexity index is 1090. The third-order valence-corrected chi connectivity index (χ3v) is 5.18. The summed E-state index contributed by atoms with van der Waals surface area (Å²) in [4.78, 5) is 4.63. The van der Waals surface area contributed by atoms with E-state index >= 15 is 0 Å². The topological polar surface area (TPSA) is 84.0 Å². The predicted molar refractivity (Wildman–Crippen MR) is 115 cm³/mol. The van der Waals surface area contributed by atoms with Crippen molar-refractivity contribution in [3.63, 3.8) is 0 Å². The number of nitrogens with one attached hydrogen (secondary N) is 1. The minimum Gasteiger partial charge on any atom is -0.490 e. The van der Waals surface area contributed by atoms with Crippen molar-refractivity contribution in [2.24, 2.45) is 0 Å². The molecule has 1 N–H and O–H groups in total. The van der Waals surface area contributed by atoms with Gasteiger partial charge in [0.15, 0.2) is 0 Å². The first kappa shape index (κ1) is 20.1. The van der Waals surface area contributed by atoms with Gasteiger partial charge < -0.3 is 14.6 Å². The van der Waals surface area contributed by atoms with Crippen LogP contribution in [0.4, 0.5) is 0 Å². The molecule has 1 atom stereocenters. The molecule has 154 valence electrons. The molecule has 0 saturated carbocycles. The number of rotatable bonds is 6. The highest BCUT2D eigenvalue weighted by atomic mass is 16.5. The normalized spacial score (nSPS) is 15.4. The second-order valence-electron chi connectivity index (χ2n) is 8.20. The lowest BCUT2D eigenvalue weighted by Gasteiger charge is -2.17. The molecule has 6 heteroatoms. The summed E-state index contributed by atoms with van der Waals surface area (Å²) >= 11 is 0. The van der Waals surface area contributed by atoms with Gasteiger partial charge in [0.2, 0.25) is 5.82 Å². The Hall–Kier alpha value is -3.17. The molecule has 1 aliphatic carbocycles. The zero-order valence-electron chi connectivity index (χ0n) is 17.8. The number of nitrogens with zero attached hydrogens (tertiary/aromatic N) is 3. The molecule has 0 bridgehead atoms. The second kappa shape index (κ2) is 8.29. The van der Waals surface area contributed by atoms with Gasteiger partial charge in [-0.1, -0.05) is 37.2 Å². The van der Waals surface area contributed by atoms with E-state index in [4.69, 9.17) is 9.26 Å². The summed E-state index contributed by atoms with van der Waals surface area (Å²) in [5.74, 6) is 1.53. The van der Waals surface area contributed by atoms with Crippen LogP contribution in [0, 0.1) is 11.3 Å². The Morgan fingerprint density at radius 1 is 1.20 bits per heavy atom. The minimum absolute atomic E-state index is 0.00727. The Morgan fingerprint density at radius 3 is 2.77 bits per heavy atom. The fraction of sp³-hybridized carbons (Fsp3) is 0.375. The van der Waals surface area contributed by atoms with Crippen molar-refractivity contribution in [3.8, 4) is 34.7 Å². The maximum atomic E-state index is 9.48. The van der Waals surface area contributed by atoms with E-state index in [0.29, 0.717) is 40.7 Å². The van der Waals surface area contributed by atoms with E-state index in [1.807, 2.05) is 26.0 Å². The molecule has 0 spiro atoms. The fourth-order valence-corrected chi connectivity index (χ4v) is 4.00. The largest absolute Gasteiger partial charge is 0.490 e. The van der Waals surface area contributed by atoms with Crippen molar-refractivity contribution >= 4 is 0 Å². The third kappa shape index (κ3) is 3.94. The van der Waals surface area contributed by atoms with Crippen LogP contribution in [0.1, 0.15) is 56.8 Å². The van der Waals surface area contributed by atoms with Crippen molar-refractivity contribution in [3.05, 3.63) is 53.1 Å². The number of hydrogen-bond acceptors (Lipinski definition) is 6. The van der Waals surface area contributed by atoms with Gasteiger partial charge in [-0.25, -0.2) is 0 Å². The molecule has 0 fully saturated rings. The lowest BCUT2D eigenvalue weighted by Crippen LogP contribution is -2.26. The molecule has 6 nitrogen and oxygen atoms in total. The first-order chi connectivity index (χ1) is 14.5. The molecule has 0 aliphatic heterocycles. The maximum absolute atomic E-state index is 9.48. The molecular weight excluding hydrogens is 376 g/mol. The molecule has 3 aromatic rings. The van der Waals surface area contributed by atoms with E-state index in [1.165, 1.54) is 11.1 Å². The standard InChI is InChI=1S/C24H26N4O2/c1-14(2)26-21-10-9-18-19(21)6-5-7-20(18)23-27-24(30-28-23)16-8-11-22(29-15(3)4)17(12-16)13-25/h5-8,11-12,14-15,21,26H,9-10H2,1-4H3. The Kier molecular flexibility index (Phi) is 5.56. The third-order valence-electron chi connectivity index (χ3n) is 5.18. The number of fused-ring (bicyclic) bond motifs is 1. The van der Waals surface area contributed by atoms with Crippen LogP contribution in [0.15, 0.2) is 40.9 Å². The molecule has 2 aromatic carbocycles. The monoisotopic (exact) mass is 402 g/mol. The van der Waals surface area contributed by atoms with Crippen LogP contribution in [-0.2, 0) is 6.42 Å². The van der Waals surface area contributed by atoms with E-state index in [1.54, 1.807) is 12.1 Å². The Morgan fingerprint density at radius 2 is 2.03 bits per heavy atom. The molecule has 0 amide bonds. The molecule has 1 aliphatic rings. The fourth-order valence-electron chi connectivity index (χ4n) is 4.00. The van der Waals surface area contributed by atoms with Crippen LogP contribution >= 0.6 is 0 Å². The summed E-state index contributed by atoms with van der Waals surface area (Å²) in [5.41, 5.74) is 4.75. The van der Waals surface area contributed by atoms with Crippen molar-refractivity contribution < 1.29 is 9.26 Å². The summed E-state index contributed by atoms with van der Waals surface area (Å²) in [6, 6.07) is 14.6. The highest BCUT2D eigenvalue weighted by Gasteiger charge is 2.26. The van der Waals surface area contributed by atoms with Gasteiger partial charge >= 0.3 is 0 Å². The summed E-state index contributed by atoms with van der Waals surface area (Å²) in [5, 5.41) is 17.3. The second-order valence-corrected chi connectivity index (χ2v) is 8.20. The van der Waals surface area contributed by atoms with E-state index < -0.39 is 0 Å². The van der Waals surface area contributed by atoms with Crippen LogP contribution in [0.25, 0.3) is 22.8 Å². The van der Waals surface area contributed by atoms with Gasteiger partial charge in [0, 0.05) is 23.2 Å². The molecule has 1 aromatic heterocycles. The van der Waals surface area contributed by atoms with Crippen LogP contribution in [-0.4, -0.2) is 22.3 Å². The summed E-state index contributed by atoms with van der Waals surface area (Å²) < 4.78 is 11.2. The molecule has 1 heterocycles. The van der Waals surface area contributed by atoms with Crippen LogP contribution in [0.5, 0.6) is 5.75 Å². The first-order valence-electron chi connectivity index (χ1n) is 10.4. The predicted octanol–water partition coefficient (Wildman–Crippen LogP) is 5.05. The number of ether oxygens (including phenoxy) is 1. The Balaban J connectivity index is 1.65. The summed E-state index contributed by atoms with van der Waals surface area (Å²) in [6.45, 7) is 8.19. The highest BCUT2D eigenvalue weighted by molar-refractivity contribution is 5.67. The number of benzene rings is 2. The van der Waals surface area contributed by atoms with Crippen LogP contribution in [0.2, 0.25) is 0 Å². The number of hydrogen-bond donors (Lipinski definition) is 1.